The second-order valence-electron chi connectivity index (χ2n) is 5.77. The van der Waals surface area contributed by atoms with E-state index in [9.17, 15) is 4.79 Å². The number of nitrogens with zero attached hydrogens (tertiary/aromatic N) is 3. The molecule has 0 bridgehead atoms. The third kappa shape index (κ3) is 3.41. The Morgan fingerprint density at radius 2 is 2.09 bits per heavy atom. The highest BCUT2D eigenvalue weighted by molar-refractivity contribution is 5.94. The van der Waals surface area contributed by atoms with Gasteiger partial charge in [0.15, 0.2) is 5.69 Å². The molecule has 1 amide bonds. The number of carbonyl (C=O) groups excluding carboxylic acids is 1. The summed E-state index contributed by atoms with van der Waals surface area (Å²) in [6, 6.07) is 0. The first-order chi connectivity index (χ1) is 10.8. The van der Waals surface area contributed by atoms with Gasteiger partial charge in [0.25, 0.3) is 5.91 Å². The van der Waals surface area contributed by atoms with Gasteiger partial charge in [-0.25, -0.2) is 4.68 Å². The van der Waals surface area contributed by atoms with E-state index in [-0.39, 0.29) is 5.91 Å². The minimum atomic E-state index is -0.107. The van der Waals surface area contributed by atoms with Crippen LogP contribution in [0.4, 0.5) is 0 Å². The van der Waals surface area contributed by atoms with Crippen LogP contribution in [0.2, 0.25) is 0 Å². The van der Waals surface area contributed by atoms with Crippen LogP contribution in [0.3, 0.4) is 0 Å². The zero-order valence-corrected chi connectivity index (χ0v) is 13.1. The van der Waals surface area contributed by atoms with Crippen LogP contribution >= 0.6 is 0 Å². The summed E-state index contributed by atoms with van der Waals surface area (Å²) in [4.78, 5) is 14.6. The Kier molecular flexibility index (Phi) is 4.94. The molecule has 1 fully saturated rings. The van der Waals surface area contributed by atoms with Crippen molar-refractivity contribution < 1.29 is 14.3 Å². The second-order valence-corrected chi connectivity index (χ2v) is 5.77. The molecule has 1 saturated heterocycles. The molecule has 22 heavy (non-hydrogen) atoms. The molecule has 122 valence electrons. The Hall–Kier alpha value is -1.60. The van der Waals surface area contributed by atoms with Crippen molar-refractivity contribution in [1.29, 1.82) is 0 Å². The zero-order chi connectivity index (χ0) is 15.4. The molecule has 0 aromatic carbocycles. The van der Waals surface area contributed by atoms with Crippen molar-refractivity contribution in [3.63, 3.8) is 0 Å². The summed E-state index contributed by atoms with van der Waals surface area (Å²) in [6.07, 6.45) is 1.88. The van der Waals surface area contributed by atoms with E-state index < -0.39 is 0 Å². The Labute approximate surface area is 130 Å². The van der Waals surface area contributed by atoms with Crippen LogP contribution in [0.25, 0.3) is 0 Å². The maximum absolute atomic E-state index is 12.3. The van der Waals surface area contributed by atoms with E-state index in [1.54, 1.807) is 4.68 Å². The van der Waals surface area contributed by atoms with Crippen molar-refractivity contribution >= 4 is 5.91 Å². The van der Waals surface area contributed by atoms with Crippen molar-refractivity contribution in [3.8, 4) is 5.88 Å². The van der Waals surface area contributed by atoms with Gasteiger partial charge in [0.2, 0.25) is 5.88 Å². The smallest absolute Gasteiger partial charge is 0.272 e. The first-order valence-electron chi connectivity index (χ1n) is 8.04. The van der Waals surface area contributed by atoms with E-state index in [1.807, 2.05) is 6.92 Å². The van der Waals surface area contributed by atoms with Gasteiger partial charge in [0.1, 0.15) is 0 Å². The average Bonchev–Trinajstić information content (AvgIpc) is 2.90. The number of rotatable bonds is 5. The maximum Gasteiger partial charge on any atom is 0.272 e. The van der Waals surface area contributed by atoms with Gasteiger partial charge in [-0.15, -0.1) is 0 Å². The molecule has 0 radical (unpaired) electrons. The van der Waals surface area contributed by atoms with E-state index >= 15 is 0 Å². The fraction of sp³-hybridized carbons (Fsp3) is 0.733. The first kappa shape index (κ1) is 15.3. The number of aryl methyl sites for hydroxylation is 1. The molecule has 1 aromatic heterocycles. The van der Waals surface area contributed by atoms with Gasteiger partial charge in [-0.05, 0) is 19.9 Å². The van der Waals surface area contributed by atoms with Crippen LogP contribution in [0.5, 0.6) is 5.88 Å². The summed E-state index contributed by atoms with van der Waals surface area (Å²) in [5.41, 5.74) is 1.33. The van der Waals surface area contributed by atoms with E-state index in [2.05, 4.69) is 15.3 Å². The fourth-order valence-electron chi connectivity index (χ4n) is 2.88. The van der Waals surface area contributed by atoms with Gasteiger partial charge in [0, 0.05) is 38.2 Å². The summed E-state index contributed by atoms with van der Waals surface area (Å²) in [5.74, 6) is 0.634. The van der Waals surface area contributed by atoms with E-state index in [4.69, 9.17) is 9.47 Å². The number of morpholine rings is 1. The lowest BCUT2D eigenvalue weighted by molar-refractivity contribution is 0.0374. The standard InChI is InChI=1S/C15H24N4O3/c1-12-13(17-19-6-3-9-22-15(12)19)14(20)16-4-2-5-18-7-10-21-11-8-18/h2-11H2,1H3,(H,16,20). The fourth-order valence-corrected chi connectivity index (χ4v) is 2.88. The summed E-state index contributed by atoms with van der Waals surface area (Å²) in [5, 5.41) is 7.33. The van der Waals surface area contributed by atoms with Gasteiger partial charge in [-0.3, -0.25) is 9.69 Å². The highest BCUT2D eigenvalue weighted by Crippen LogP contribution is 2.24. The summed E-state index contributed by atoms with van der Waals surface area (Å²) in [6.45, 7) is 8.67. The average molecular weight is 308 g/mol. The predicted molar refractivity (Wildman–Crippen MR) is 81.3 cm³/mol. The lowest BCUT2D eigenvalue weighted by Crippen LogP contribution is -2.38. The van der Waals surface area contributed by atoms with E-state index in [0.717, 1.165) is 63.7 Å². The molecule has 7 heteroatoms. The highest BCUT2D eigenvalue weighted by atomic mass is 16.5. The summed E-state index contributed by atoms with van der Waals surface area (Å²) >= 11 is 0. The molecule has 0 aliphatic carbocycles. The van der Waals surface area contributed by atoms with Gasteiger partial charge in [0.05, 0.1) is 19.8 Å². The lowest BCUT2D eigenvalue weighted by atomic mass is 10.2. The molecule has 0 atom stereocenters. The molecule has 0 saturated carbocycles. The van der Waals surface area contributed by atoms with E-state index in [1.165, 1.54) is 0 Å². The topological polar surface area (TPSA) is 68.6 Å². The number of nitrogens with one attached hydrogen (secondary N) is 1. The van der Waals surface area contributed by atoms with Crippen molar-refractivity contribution in [2.45, 2.75) is 26.3 Å². The van der Waals surface area contributed by atoms with E-state index in [0.29, 0.717) is 18.8 Å². The molecular formula is C15H24N4O3. The number of amides is 1. The normalized spacial score (nSPS) is 18.6. The van der Waals surface area contributed by atoms with Crippen molar-refractivity contribution in [3.05, 3.63) is 11.3 Å². The molecule has 1 aromatic rings. The Balaban J connectivity index is 1.46. The van der Waals surface area contributed by atoms with Gasteiger partial charge >= 0.3 is 0 Å². The van der Waals surface area contributed by atoms with Crippen LogP contribution in [-0.4, -0.2) is 66.6 Å². The minimum absolute atomic E-state index is 0.107. The predicted octanol–water partition coefficient (Wildman–Crippen LogP) is 0.426. The third-order valence-electron chi connectivity index (χ3n) is 4.14. The molecule has 7 nitrogen and oxygen atoms in total. The number of aromatic nitrogens is 2. The van der Waals surface area contributed by atoms with Crippen LogP contribution < -0.4 is 10.1 Å². The van der Waals surface area contributed by atoms with Crippen molar-refractivity contribution in [2.75, 3.05) is 46.0 Å². The third-order valence-corrected chi connectivity index (χ3v) is 4.14. The number of fused-ring (bicyclic) bond motifs is 1. The summed E-state index contributed by atoms with van der Waals surface area (Å²) < 4.78 is 12.7. The van der Waals surface area contributed by atoms with Gasteiger partial charge in [-0.1, -0.05) is 0 Å². The molecule has 0 unspecified atom stereocenters. The summed E-state index contributed by atoms with van der Waals surface area (Å²) in [7, 11) is 0. The number of carbonyl (C=O) groups is 1. The Morgan fingerprint density at radius 3 is 2.86 bits per heavy atom. The SMILES string of the molecule is Cc1c(C(=O)NCCCN2CCOCC2)nn2c1OCCC2. The molecule has 3 heterocycles. The van der Waals surface area contributed by atoms with Crippen molar-refractivity contribution in [1.82, 2.24) is 20.0 Å². The number of hydrogen-bond donors (Lipinski definition) is 1. The maximum atomic E-state index is 12.3. The Bertz CT molecular complexity index is 523. The quantitative estimate of drug-likeness (QED) is 0.799. The Morgan fingerprint density at radius 1 is 1.27 bits per heavy atom. The zero-order valence-electron chi connectivity index (χ0n) is 13.1. The largest absolute Gasteiger partial charge is 0.478 e. The minimum Gasteiger partial charge on any atom is -0.478 e. The van der Waals surface area contributed by atoms with Crippen LogP contribution in [0.15, 0.2) is 0 Å². The molecular weight excluding hydrogens is 284 g/mol. The van der Waals surface area contributed by atoms with Gasteiger partial charge < -0.3 is 14.8 Å². The molecule has 2 aliphatic rings. The van der Waals surface area contributed by atoms with Crippen LogP contribution in [0, 0.1) is 6.92 Å². The van der Waals surface area contributed by atoms with Gasteiger partial charge in [-0.2, -0.15) is 5.10 Å². The lowest BCUT2D eigenvalue weighted by Gasteiger charge is -2.26. The van der Waals surface area contributed by atoms with Crippen molar-refractivity contribution in [2.24, 2.45) is 0 Å². The second kappa shape index (κ2) is 7.11. The first-order valence-corrected chi connectivity index (χ1v) is 8.04. The van der Waals surface area contributed by atoms with Crippen LogP contribution in [-0.2, 0) is 11.3 Å². The monoisotopic (exact) mass is 308 g/mol. The molecule has 3 rings (SSSR count). The highest BCUT2D eigenvalue weighted by Gasteiger charge is 2.22. The van der Waals surface area contributed by atoms with Crippen LogP contribution in [0.1, 0.15) is 28.9 Å². The molecule has 1 N–H and O–H groups in total. The molecule has 0 spiro atoms. The molecule has 2 aliphatic heterocycles. The number of ether oxygens (including phenoxy) is 2. The number of hydrogen-bond acceptors (Lipinski definition) is 5.